The van der Waals surface area contributed by atoms with Crippen LogP contribution in [0.15, 0.2) is 59.7 Å². The molecular weight excluding hydrogens is 340 g/mol. The van der Waals surface area contributed by atoms with Crippen LogP contribution in [0.5, 0.6) is 5.75 Å². The van der Waals surface area contributed by atoms with Crippen LogP contribution < -0.4 is 10.3 Å². The molecule has 0 spiro atoms. The van der Waals surface area contributed by atoms with E-state index in [2.05, 4.69) is 15.1 Å². The normalized spacial score (nSPS) is 11.0. The molecule has 124 valence electrons. The third kappa shape index (κ3) is 2.66. The van der Waals surface area contributed by atoms with E-state index in [4.69, 9.17) is 16.3 Å². The third-order valence-corrected chi connectivity index (χ3v) is 4.10. The Balaban J connectivity index is 1.96. The smallest absolute Gasteiger partial charge is 0.276 e. The van der Waals surface area contributed by atoms with Crippen LogP contribution in [0.1, 0.15) is 0 Å². The van der Waals surface area contributed by atoms with Crippen molar-refractivity contribution >= 4 is 17.2 Å². The quantitative estimate of drug-likeness (QED) is 0.613. The van der Waals surface area contributed by atoms with E-state index in [0.717, 1.165) is 5.56 Å². The zero-order valence-corrected chi connectivity index (χ0v) is 14.0. The number of methoxy groups -OCH3 is 1. The second kappa shape index (κ2) is 6.07. The molecule has 6 nitrogen and oxygen atoms in total. The van der Waals surface area contributed by atoms with E-state index in [1.165, 1.54) is 0 Å². The summed E-state index contributed by atoms with van der Waals surface area (Å²) in [6, 6.07) is 12.6. The molecule has 1 N–H and O–H groups in total. The van der Waals surface area contributed by atoms with E-state index in [9.17, 15) is 4.79 Å². The highest BCUT2D eigenvalue weighted by molar-refractivity contribution is 6.30. The molecule has 0 atom stereocenters. The van der Waals surface area contributed by atoms with Crippen molar-refractivity contribution in [1.82, 2.24) is 19.6 Å². The van der Waals surface area contributed by atoms with Gasteiger partial charge in [0.25, 0.3) is 5.56 Å². The van der Waals surface area contributed by atoms with Crippen molar-refractivity contribution in [2.24, 2.45) is 0 Å². The number of pyridine rings is 1. The minimum Gasteiger partial charge on any atom is -0.496 e. The van der Waals surface area contributed by atoms with Gasteiger partial charge in [-0.25, -0.2) is 9.50 Å². The van der Waals surface area contributed by atoms with Crippen molar-refractivity contribution in [3.8, 4) is 28.3 Å². The Bertz CT molecular complexity index is 1120. The zero-order chi connectivity index (χ0) is 17.4. The number of ether oxygens (including phenoxy) is 1. The lowest BCUT2D eigenvalue weighted by Crippen LogP contribution is -2.03. The summed E-state index contributed by atoms with van der Waals surface area (Å²) in [4.78, 5) is 21.3. The van der Waals surface area contributed by atoms with E-state index in [1.54, 1.807) is 54.4 Å². The van der Waals surface area contributed by atoms with E-state index in [-0.39, 0.29) is 5.56 Å². The Morgan fingerprint density at radius 2 is 2.04 bits per heavy atom. The monoisotopic (exact) mass is 352 g/mol. The number of nitrogens with zero attached hydrogens (tertiary/aromatic N) is 3. The summed E-state index contributed by atoms with van der Waals surface area (Å²) in [5.41, 5.74) is 2.71. The first kappa shape index (κ1) is 15.4. The summed E-state index contributed by atoms with van der Waals surface area (Å²) >= 11 is 6.03. The molecule has 4 rings (SSSR count). The van der Waals surface area contributed by atoms with Gasteiger partial charge in [0.2, 0.25) is 0 Å². The highest BCUT2D eigenvalue weighted by atomic mass is 35.5. The molecule has 0 saturated heterocycles. The first-order chi connectivity index (χ1) is 12.2. The van der Waals surface area contributed by atoms with Gasteiger partial charge in [-0.15, -0.1) is 0 Å². The number of nitrogens with one attached hydrogen (secondary N) is 1. The molecule has 0 saturated carbocycles. The molecule has 4 aromatic rings. The molecule has 3 aromatic heterocycles. The van der Waals surface area contributed by atoms with Crippen LogP contribution in [0, 0.1) is 0 Å². The van der Waals surface area contributed by atoms with Crippen LogP contribution in [0.25, 0.3) is 28.2 Å². The molecule has 25 heavy (non-hydrogen) atoms. The van der Waals surface area contributed by atoms with E-state index in [1.807, 2.05) is 12.1 Å². The van der Waals surface area contributed by atoms with Crippen molar-refractivity contribution in [3.63, 3.8) is 0 Å². The predicted octanol–water partition coefficient (Wildman–Crippen LogP) is 3.41. The van der Waals surface area contributed by atoms with Gasteiger partial charge in [0, 0.05) is 23.0 Å². The molecular formula is C18H13ClN4O2. The van der Waals surface area contributed by atoms with Crippen molar-refractivity contribution in [2.45, 2.75) is 0 Å². The molecule has 0 bridgehead atoms. The SMILES string of the molecule is COc1cc(Cl)ccc1-c1ccn2[nH]c(=O)c(-c3ccccn3)c2n1. The molecule has 7 heteroatoms. The second-order valence-corrected chi connectivity index (χ2v) is 5.82. The number of aromatic amines is 1. The molecule has 0 amide bonds. The van der Waals surface area contributed by atoms with Gasteiger partial charge < -0.3 is 4.74 Å². The summed E-state index contributed by atoms with van der Waals surface area (Å²) in [6.07, 6.45) is 3.39. The Kier molecular flexibility index (Phi) is 3.74. The van der Waals surface area contributed by atoms with Gasteiger partial charge in [-0.2, -0.15) is 0 Å². The fraction of sp³-hybridized carbons (Fsp3) is 0.0556. The van der Waals surface area contributed by atoms with Gasteiger partial charge in [-0.1, -0.05) is 17.7 Å². The minimum absolute atomic E-state index is 0.244. The summed E-state index contributed by atoms with van der Waals surface area (Å²) in [7, 11) is 1.58. The Morgan fingerprint density at radius 1 is 1.16 bits per heavy atom. The number of hydrogen-bond acceptors (Lipinski definition) is 4. The lowest BCUT2D eigenvalue weighted by atomic mass is 10.1. The summed E-state index contributed by atoms with van der Waals surface area (Å²) in [6.45, 7) is 0. The maximum atomic E-state index is 12.4. The van der Waals surface area contributed by atoms with Gasteiger partial charge in [-0.3, -0.25) is 14.9 Å². The highest BCUT2D eigenvalue weighted by Gasteiger charge is 2.16. The molecule has 0 fully saturated rings. The van der Waals surface area contributed by atoms with Gasteiger partial charge in [-0.05, 0) is 36.4 Å². The average molecular weight is 353 g/mol. The first-order valence-corrected chi connectivity index (χ1v) is 7.92. The second-order valence-electron chi connectivity index (χ2n) is 5.38. The molecule has 0 unspecified atom stereocenters. The summed E-state index contributed by atoms with van der Waals surface area (Å²) in [5, 5.41) is 3.33. The first-order valence-electron chi connectivity index (χ1n) is 7.54. The summed E-state index contributed by atoms with van der Waals surface area (Å²) < 4.78 is 6.98. The Morgan fingerprint density at radius 3 is 2.80 bits per heavy atom. The van der Waals surface area contributed by atoms with Crippen molar-refractivity contribution in [3.05, 3.63) is 70.2 Å². The van der Waals surface area contributed by atoms with Crippen LogP contribution in [0.2, 0.25) is 5.02 Å². The van der Waals surface area contributed by atoms with Crippen molar-refractivity contribution in [1.29, 1.82) is 0 Å². The minimum atomic E-state index is -0.244. The lowest BCUT2D eigenvalue weighted by molar-refractivity contribution is 0.416. The molecule has 3 heterocycles. The number of hydrogen-bond donors (Lipinski definition) is 1. The third-order valence-electron chi connectivity index (χ3n) is 3.87. The number of fused-ring (bicyclic) bond motifs is 1. The van der Waals surface area contributed by atoms with E-state index < -0.39 is 0 Å². The average Bonchev–Trinajstić information content (AvgIpc) is 2.97. The highest BCUT2D eigenvalue weighted by Crippen LogP contribution is 2.32. The fourth-order valence-corrected chi connectivity index (χ4v) is 2.88. The van der Waals surface area contributed by atoms with Crippen molar-refractivity contribution < 1.29 is 4.74 Å². The maximum Gasteiger partial charge on any atom is 0.276 e. The molecule has 1 aromatic carbocycles. The molecule has 0 aliphatic rings. The van der Waals surface area contributed by atoms with Gasteiger partial charge in [0.1, 0.15) is 11.3 Å². The van der Waals surface area contributed by atoms with E-state index >= 15 is 0 Å². The number of benzene rings is 1. The van der Waals surface area contributed by atoms with Crippen LogP contribution in [0.3, 0.4) is 0 Å². The topological polar surface area (TPSA) is 72.3 Å². The molecule has 0 aliphatic carbocycles. The predicted molar refractivity (Wildman–Crippen MR) is 96.0 cm³/mol. The van der Waals surface area contributed by atoms with Crippen LogP contribution >= 0.6 is 11.6 Å². The van der Waals surface area contributed by atoms with Gasteiger partial charge in [0.15, 0.2) is 5.65 Å². The fourth-order valence-electron chi connectivity index (χ4n) is 2.72. The largest absolute Gasteiger partial charge is 0.496 e. The van der Waals surface area contributed by atoms with Crippen LogP contribution in [-0.4, -0.2) is 26.7 Å². The zero-order valence-electron chi connectivity index (χ0n) is 13.2. The Labute approximate surface area is 147 Å². The molecule has 0 radical (unpaired) electrons. The Hall–Kier alpha value is -3.12. The lowest BCUT2D eigenvalue weighted by Gasteiger charge is -2.09. The van der Waals surface area contributed by atoms with Crippen LogP contribution in [-0.2, 0) is 0 Å². The van der Waals surface area contributed by atoms with Gasteiger partial charge >= 0.3 is 0 Å². The number of H-pyrrole nitrogens is 1. The molecule has 0 aliphatic heterocycles. The van der Waals surface area contributed by atoms with Crippen molar-refractivity contribution in [2.75, 3.05) is 7.11 Å². The summed E-state index contributed by atoms with van der Waals surface area (Å²) in [5.74, 6) is 0.613. The van der Waals surface area contributed by atoms with Gasteiger partial charge in [0.05, 0.1) is 18.5 Å². The number of aromatic nitrogens is 4. The maximum absolute atomic E-state index is 12.4. The van der Waals surface area contributed by atoms with Crippen LogP contribution in [0.4, 0.5) is 0 Å². The van der Waals surface area contributed by atoms with E-state index in [0.29, 0.717) is 33.4 Å². The number of halogens is 1. The standard InChI is InChI=1S/C18H13ClN4O2/c1-25-15-10-11(19)5-6-12(15)13-7-9-23-17(21-13)16(18(24)22-23)14-4-2-3-8-20-14/h2-10H,1H3,(H,22,24). The number of rotatable bonds is 3.